The van der Waals surface area contributed by atoms with Crippen molar-refractivity contribution in [2.75, 3.05) is 0 Å². The Morgan fingerprint density at radius 3 is 2.21 bits per heavy atom. The average Bonchev–Trinajstić information content (AvgIpc) is 2.41. The summed E-state index contributed by atoms with van der Waals surface area (Å²) in [6.07, 6.45) is 1.77. The van der Waals surface area contributed by atoms with E-state index in [4.69, 9.17) is 34.8 Å². The molecule has 0 unspecified atom stereocenters. The van der Waals surface area contributed by atoms with E-state index in [0.29, 0.717) is 20.6 Å². The van der Waals surface area contributed by atoms with E-state index in [2.05, 4.69) is 6.07 Å². The second-order valence-electron chi connectivity index (χ2n) is 3.85. The van der Waals surface area contributed by atoms with Gasteiger partial charge < -0.3 is 0 Å². The molecule has 2 aromatic rings. The third kappa shape index (κ3) is 3.52. The molecule has 0 aliphatic heterocycles. The van der Waals surface area contributed by atoms with Crippen LogP contribution in [0.4, 0.5) is 0 Å². The molecule has 19 heavy (non-hydrogen) atoms. The van der Waals surface area contributed by atoms with Crippen molar-refractivity contribution < 1.29 is 0 Å². The lowest BCUT2D eigenvalue weighted by atomic mass is 10.0. The normalized spacial score (nSPS) is 11.2. The van der Waals surface area contributed by atoms with Crippen molar-refractivity contribution >= 4 is 46.5 Å². The zero-order valence-electron chi connectivity index (χ0n) is 9.70. The highest BCUT2D eigenvalue weighted by Crippen LogP contribution is 2.27. The monoisotopic (exact) mass is 307 g/mol. The van der Waals surface area contributed by atoms with Gasteiger partial charge in [0.2, 0.25) is 0 Å². The van der Waals surface area contributed by atoms with E-state index in [0.717, 1.165) is 11.1 Å². The van der Waals surface area contributed by atoms with Gasteiger partial charge in [-0.1, -0.05) is 53.0 Å². The molecule has 0 radical (unpaired) electrons. The van der Waals surface area contributed by atoms with Crippen molar-refractivity contribution in [3.63, 3.8) is 0 Å². The minimum atomic E-state index is 0.427. The first-order chi connectivity index (χ1) is 9.10. The Bertz CT molecular complexity index is 667. The van der Waals surface area contributed by atoms with E-state index in [1.165, 1.54) is 0 Å². The molecule has 4 heteroatoms. The zero-order chi connectivity index (χ0) is 13.8. The van der Waals surface area contributed by atoms with Gasteiger partial charge in [-0.25, -0.2) is 0 Å². The Hall–Kier alpha value is -1.46. The zero-order valence-corrected chi connectivity index (χ0v) is 12.0. The highest BCUT2D eigenvalue weighted by atomic mass is 35.5. The number of rotatable bonds is 2. The fourth-order valence-electron chi connectivity index (χ4n) is 1.57. The Morgan fingerprint density at radius 2 is 1.63 bits per heavy atom. The van der Waals surface area contributed by atoms with Crippen LogP contribution in [0.1, 0.15) is 11.1 Å². The van der Waals surface area contributed by atoms with Crippen LogP contribution in [-0.2, 0) is 0 Å². The van der Waals surface area contributed by atoms with Crippen LogP contribution in [0.25, 0.3) is 11.6 Å². The van der Waals surface area contributed by atoms with E-state index in [1.54, 1.807) is 36.4 Å². The second-order valence-corrected chi connectivity index (χ2v) is 5.10. The highest BCUT2D eigenvalue weighted by molar-refractivity contribution is 6.42. The molecule has 0 aliphatic rings. The number of nitriles is 1. The minimum Gasteiger partial charge on any atom is -0.192 e. The fraction of sp³-hybridized carbons (Fsp3) is 0. The summed E-state index contributed by atoms with van der Waals surface area (Å²) >= 11 is 17.6. The van der Waals surface area contributed by atoms with Gasteiger partial charge in [-0.15, -0.1) is 0 Å². The van der Waals surface area contributed by atoms with Gasteiger partial charge in [-0.2, -0.15) is 5.26 Å². The molecular weight excluding hydrogens is 301 g/mol. The maximum Gasteiger partial charge on any atom is 0.0998 e. The van der Waals surface area contributed by atoms with Crippen LogP contribution >= 0.6 is 34.8 Å². The molecule has 0 aromatic heterocycles. The third-order valence-corrected chi connectivity index (χ3v) is 3.52. The summed E-state index contributed by atoms with van der Waals surface area (Å²) in [5.74, 6) is 0. The van der Waals surface area contributed by atoms with Crippen molar-refractivity contribution in [2.24, 2.45) is 0 Å². The SMILES string of the molecule is N#C/C(=C/c1ccc(Cl)cc1)c1ccc(Cl)c(Cl)c1. The summed E-state index contributed by atoms with van der Waals surface area (Å²) in [5.41, 5.74) is 2.14. The van der Waals surface area contributed by atoms with Gasteiger partial charge in [-0.3, -0.25) is 0 Å². The first kappa shape index (κ1) is 14.0. The summed E-state index contributed by atoms with van der Waals surface area (Å²) in [4.78, 5) is 0. The standard InChI is InChI=1S/C15H8Cl3N/c16-13-4-1-10(2-5-13)7-12(9-19)11-3-6-14(17)15(18)8-11/h1-8H/b12-7-. The molecule has 2 aromatic carbocycles. The lowest BCUT2D eigenvalue weighted by molar-refractivity contribution is 1.52. The van der Waals surface area contributed by atoms with E-state index in [9.17, 15) is 5.26 Å². The Kier molecular flexibility index (Phi) is 4.50. The van der Waals surface area contributed by atoms with E-state index < -0.39 is 0 Å². The topological polar surface area (TPSA) is 23.8 Å². The third-order valence-electron chi connectivity index (χ3n) is 2.53. The largest absolute Gasteiger partial charge is 0.192 e. The molecule has 0 amide bonds. The number of hydrogen-bond acceptors (Lipinski definition) is 1. The predicted octanol–water partition coefficient (Wildman–Crippen LogP) is 5.71. The van der Waals surface area contributed by atoms with Crippen molar-refractivity contribution in [1.82, 2.24) is 0 Å². The maximum atomic E-state index is 9.24. The molecule has 94 valence electrons. The van der Waals surface area contributed by atoms with Crippen LogP contribution < -0.4 is 0 Å². The molecule has 0 bridgehead atoms. The van der Waals surface area contributed by atoms with E-state index in [1.807, 2.05) is 12.1 Å². The summed E-state index contributed by atoms with van der Waals surface area (Å²) in [5, 5.41) is 10.8. The first-order valence-electron chi connectivity index (χ1n) is 5.43. The number of hydrogen-bond donors (Lipinski definition) is 0. The maximum absolute atomic E-state index is 9.24. The smallest absolute Gasteiger partial charge is 0.0998 e. The van der Waals surface area contributed by atoms with Gasteiger partial charge >= 0.3 is 0 Å². The number of nitrogens with zero attached hydrogens (tertiary/aromatic N) is 1. The molecule has 0 aliphatic carbocycles. The Balaban J connectivity index is 2.42. The number of halogens is 3. The van der Waals surface area contributed by atoms with Gasteiger partial charge in [0, 0.05) is 5.02 Å². The Labute approximate surface area is 126 Å². The average molecular weight is 309 g/mol. The molecule has 0 heterocycles. The summed E-state index contributed by atoms with van der Waals surface area (Å²) < 4.78 is 0. The molecule has 1 nitrogen and oxygen atoms in total. The second kappa shape index (κ2) is 6.12. The molecular formula is C15H8Cl3N. The predicted molar refractivity (Wildman–Crippen MR) is 81.4 cm³/mol. The number of allylic oxidation sites excluding steroid dienone is 1. The lowest BCUT2D eigenvalue weighted by Crippen LogP contribution is -1.83. The van der Waals surface area contributed by atoms with Crippen LogP contribution in [0.5, 0.6) is 0 Å². The van der Waals surface area contributed by atoms with Crippen LogP contribution in [0, 0.1) is 11.3 Å². The molecule has 0 atom stereocenters. The van der Waals surface area contributed by atoms with Crippen LogP contribution in [0.2, 0.25) is 15.1 Å². The van der Waals surface area contributed by atoms with Crippen molar-refractivity contribution in [3.05, 3.63) is 68.7 Å². The highest BCUT2D eigenvalue weighted by Gasteiger charge is 2.04. The molecule has 0 fully saturated rings. The van der Waals surface area contributed by atoms with Crippen molar-refractivity contribution in [3.8, 4) is 6.07 Å². The van der Waals surface area contributed by atoms with Crippen molar-refractivity contribution in [2.45, 2.75) is 0 Å². The van der Waals surface area contributed by atoms with Gasteiger partial charge in [0.05, 0.1) is 21.7 Å². The minimum absolute atomic E-state index is 0.427. The van der Waals surface area contributed by atoms with Gasteiger partial charge in [-0.05, 0) is 41.5 Å². The van der Waals surface area contributed by atoms with Crippen LogP contribution in [0.3, 0.4) is 0 Å². The van der Waals surface area contributed by atoms with Gasteiger partial charge in [0.25, 0.3) is 0 Å². The molecule has 0 N–H and O–H groups in total. The molecule has 0 spiro atoms. The van der Waals surface area contributed by atoms with Gasteiger partial charge in [0.1, 0.15) is 0 Å². The van der Waals surface area contributed by atoms with Crippen LogP contribution in [0.15, 0.2) is 42.5 Å². The summed E-state index contributed by atoms with van der Waals surface area (Å²) in [6.45, 7) is 0. The Morgan fingerprint density at radius 1 is 0.947 bits per heavy atom. The molecule has 0 saturated heterocycles. The first-order valence-corrected chi connectivity index (χ1v) is 6.56. The fourth-order valence-corrected chi connectivity index (χ4v) is 1.99. The summed E-state index contributed by atoms with van der Waals surface area (Å²) in [6, 6.07) is 14.5. The van der Waals surface area contributed by atoms with E-state index in [-0.39, 0.29) is 0 Å². The van der Waals surface area contributed by atoms with Crippen LogP contribution in [-0.4, -0.2) is 0 Å². The molecule has 2 rings (SSSR count). The summed E-state index contributed by atoms with van der Waals surface area (Å²) in [7, 11) is 0. The number of benzene rings is 2. The molecule has 0 saturated carbocycles. The lowest BCUT2D eigenvalue weighted by Gasteiger charge is -2.02. The quantitative estimate of drug-likeness (QED) is 0.515. The van der Waals surface area contributed by atoms with E-state index >= 15 is 0 Å². The van der Waals surface area contributed by atoms with Crippen molar-refractivity contribution in [1.29, 1.82) is 5.26 Å². The van der Waals surface area contributed by atoms with Gasteiger partial charge in [0.15, 0.2) is 0 Å².